The third kappa shape index (κ3) is 5.99. The van der Waals surface area contributed by atoms with E-state index in [-0.39, 0.29) is 10.7 Å². The Hall–Kier alpha value is -3.06. The Morgan fingerprint density at radius 1 is 1.11 bits per heavy atom. The number of esters is 1. The van der Waals surface area contributed by atoms with E-state index >= 15 is 0 Å². The predicted molar refractivity (Wildman–Crippen MR) is 104 cm³/mol. The van der Waals surface area contributed by atoms with Crippen LogP contribution in [0.3, 0.4) is 0 Å². The van der Waals surface area contributed by atoms with Gasteiger partial charge in [-0.3, -0.25) is 4.79 Å². The molecule has 0 heterocycles. The van der Waals surface area contributed by atoms with E-state index in [1.54, 1.807) is 18.2 Å². The number of carbonyl (C=O) groups excluding carboxylic acids is 2. The van der Waals surface area contributed by atoms with E-state index in [4.69, 9.17) is 25.8 Å². The minimum atomic E-state index is -1.13. The van der Waals surface area contributed by atoms with Crippen molar-refractivity contribution in [3.05, 3.63) is 58.9 Å². The fourth-order valence-electron chi connectivity index (χ4n) is 2.18. The summed E-state index contributed by atoms with van der Waals surface area (Å²) in [5.74, 6) is -0.978. The average Bonchev–Trinajstić information content (AvgIpc) is 2.68. The Morgan fingerprint density at radius 3 is 2.32 bits per heavy atom. The Balaban J connectivity index is 1.98. The van der Waals surface area contributed by atoms with Crippen molar-refractivity contribution in [3.63, 3.8) is 0 Å². The van der Waals surface area contributed by atoms with Gasteiger partial charge < -0.3 is 19.5 Å². The van der Waals surface area contributed by atoms with Crippen molar-refractivity contribution < 1.29 is 28.2 Å². The Labute approximate surface area is 166 Å². The SMILES string of the molecule is COc1cc(/C=C/C(=O)O[C@@H](C)C(=O)Nc2ccc(Cl)cc2F)cc(OC)c1. The van der Waals surface area contributed by atoms with E-state index in [1.807, 2.05) is 0 Å². The minimum absolute atomic E-state index is 0.0590. The summed E-state index contributed by atoms with van der Waals surface area (Å²) in [7, 11) is 3.03. The lowest BCUT2D eigenvalue weighted by atomic mass is 10.2. The van der Waals surface area contributed by atoms with Gasteiger partial charge in [-0.1, -0.05) is 11.6 Å². The first-order valence-electron chi connectivity index (χ1n) is 8.20. The normalized spacial score (nSPS) is 11.8. The second-order valence-corrected chi connectivity index (χ2v) is 6.11. The summed E-state index contributed by atoms with van der Waals surface area (Å²) < 4.78 is 29.1. The number of methoxy groups -OCH3 is 2. The third-order valence-corrected chi connectivity index (χ3v) is 3.87. The highest BCUT2D eigenvalue weighted by molar-refractivity contribution is 6.30. The number of hydrogen-bond donors (Lipinski definition) is 1. The number of anilines is 1. The molecule has 0 radical (unpaired) electrons. The van der Waals surface area contributed by atoms with Crippen LogP contribution in [0.1, 0.15) is 12.5 Å². The van der Waals surface area contributed by atoms with Crippen LogP contribution in [-0.4, -0.2) is 32.2 Å². The molecule has 0 aliphatic rings. The van der Waals surface area contributed by atoms with E-state index < -0.39 is 23.8 Å². The molecule has 2 aromatic carbocycles. The predicted octanol–water partition coefficient (Wildman–Crippen LogP) is 4.08. The molecule has 0 saturated carbocycles. The van der Waals surface area contributed by atoms with Crippen molar-refractivity contribution in [1.82, 2.24) is 0 Å². The molecule has 0 spiro atoms. The van der Waals surface area contributed by atoms with Gasteiger partial charge in [-0.25, -0.2) is 9.18 Å². The number of rotatable bonds is 7. The molecule has 1 atom stereocenters. The van der Waals surface area contributed by atoms with Crippen LogP contribution >= 0.6 is 11.6 Å². The second-order valence-electron chi connectivity index (χ2n) is 5.67. The molecule has 8 heteroatoms. The highest BCUT2D eigenvalue weighted by atomic mass is 35.5. The third-order valence-electron chi connectivity index (χ3n) is 3.64. The molecule has 1 N–H and O–H groups in total. The number of halogens is 2. The molecule has 0 bridgehead atoms. The average molecular weight is 408 g/mol. The summed E-state index contributed by atoms with van der Waals surface area (Å²) >= 11 is 5.66. The van der Waals surface area contributed by atoms with Gasteiger partial charge in [-0.05, 0) is 48.9 Å². The summed E-state index contributed by atoms with van der Waals surface area (Å²) in [5.41, 5.74) is 0.588. The molecule has 0 aromatic heterocycles. The molecule has 1 amide bonds. The van der Waals surface area contributed by atoms with Gasteiger partial charge >= 0.3 is 5.97 Å². The fourth-order valence-corrected chi connectivity index (χ4v) is 2.34. The maximum absolute atomic E-state index is 13.7. The Kier molecular flexibility index (Phi) is 7.40. The highest BCUT2D eigenvalue weighted by Gasteiger charge is 2.18. The summed E-state index contributed by atoms with van der Waals surface area (Å²) in [6, 6.07) is 8.91. The second kappa shape index (κ2) is 9.75. The van der Waals surface area contributed by atoms with Crippen molar-refractivity contribution in [2.45, 2.75) is 13.0 Å². The molecule has 0 unspecified atom stereocenters. The van der Waals surface area contributed by atoms with E-state index in [0.717, 1.165) is 6.07 Å². The summed E-state index contributed by atoms with van der Waals surface area (Å²) in [6.45, 7) is 1.38. The van der Waals surface area contributed by atoms with Gasteiger partial charge in [0, 0.05) is 17.2 Å². The van der Waals surface area contributed by atoms with Gasteiger partial charge in [0.25, 0.3) is 5.91 Å². The Bertz CT molecular complexity index is 878. The molecular formula is C20H19ClFNO5. The van der Waals surface area contributed by atoms with E-state index in [2.05, 4.69) is 5.32 Å². The zero-order chi connectivity index (χ0) is 20.7. The van der Waals surface area contributed by atoms with Crippen molar-refractivity contribution in [2.24, 2.45) is 0 Å². The van der Waals surface area contributed by atoms with Crippen molar-refractivity contribution in [3.8, 4) is 11.5 Å². The van der Waals surface area contributed by atoms with Crippen molar-refractivity contribution in [2.75, 3.05) is 19.5 Å². The number of carbonyl (C=O) groups is 2. The van der Waals surface area contributed by atoms with Gasteiger partial charge in [0.2, 0.25) is 0 Å². The molecular weight excluding hydrogens is 389 g/mol. The molecule has 148 valence electrons. The first-order valence-corrected chi connectivity index (χ1v) is 8.58. The molecule has 6 nitrogen and oxygen atoms in total. The van der Waals surface area contributed by atoms with Crippen LogP contribution in [0.25, 0.3) is 6.08 Å². The molecule has 2 aromatic rings. The monoisotopic (exact) mass is 407 g/mol. The molecule has 0 aliphatic heterocycles. The van der Waals surface area contributed by atoms with E-state index in [1.165, 1.54) is 45.4 Å². The Morgan fingerprint density at radius 2 is 1.75 bits per heavy atom. The van der Waals surface area contributed by atoms with Crippen molar-refractivity contribution >= 4 is 35.2 Å². The smallest absolute Gasteiger partial charge is 0.331 e. The molecule has 2 rings (SSSR count). The van der Waals surface area contributed by atoms with Gasteiger partial charge in [0.1, 0.15) is 17.3 Å². The lowest BCUT2D eigenvalue weighted by Gasteiger charge is -2.13. The van der Waals surface area contributed by atoms with Crippen LogP contribution in [0, 0.1) is 5.82 Å². The van der Waals surface area contributed by atoms with Crippen LogP contribution in [-0.2, 0) is 14.3 Å². The first-order chi connectivity index (χ1) is 13.3. The lowest BCUT2D eigenvalue weighted by molar-refractivity contribution is -0.148. The fraction of sp³-hybridized carbons (Fsp3) is 0.200. The molecule has 0 saturated heterocycles. The van der Waals surface area contributed by atoms with Crippen LogP contribution in [0.2, 0.25) is 5.02 Å². The maximum Gasteiger partial charge on any atom is 0.331 e. The van der Waals surface area contributed by atoms with Gasteiger partial charge in [0.05, 0.1) is 19.9 Å². The number of hydrogen-bond acceptors (Lipinski definition) is 5. The minimum Gasteiger partial charge on any atom is -0.497 e. The zero-order valence-electron chi connectivity index (χ0n) is 15.5. The summed E-state index contributed by atoms with van der Waals surface area (Å²) in [4.78, 5) is 24.0. The highest BCUT2D eigenvalue weighted by Crippen LogP contribution is 2.23. The standard InChI is InChI=1S/C20H19ClFNO5/c1-12(20(25)23-18-6-5-14(21)10-17(18)22)28-19(24)7-4-13-8-15(26-2)11-16(9-13)27-3/h4-12H,1-3H3,(H,23,25)/b7-4+/t12-/m0/s1. The quantitative estimate of drug-likeness (QED) is 0.553. The van der Waals surface area contributed by atoms with Gasteiger partial charge in [-0.15, -0.1) is 0 Å². The molecule has 0 aliphatic carbocycles. The summed E-state index contributed by atoms with van der Waals surface area (Å²) in [6.07, 6.45) is 1.53. The molecule has 0 fully saturated rings. The van der Waals surface area contributed by atoms with Crippen LogP contribution in [0.15, 0.2) is 42.5 Å². The number of ether oxygens (including phenoxy) is 3. The molecule has 28 heavy (non-hydrogen) atoms. The van der Waals surface area contributed by atoms with E-state index in [0.29, 0.717) is 17.1 Å². The zero-order valence-corrected chi connectivity index (χ0v) is 16.2. The van der Waals surface area contributed by atoms with Gasteiger partial charge in [0.15, 0.2) is 6.10 Å². The first kappa shape index (κ1) is 21.2. The number of amides is 1. The van der Waals surface area contributed by atoms with Crippen LogP contribution in [0.5, 0.6) is 11.5 Å². The lowest BCUT2D eigenvalue weighted by Crippen LogP contribution is -2.29. The summed E-state index contributed by atoms with van der Waals surface area (Å²) in [5, 5.41) is 2.54. The van der Waals surface area contributed by atoms with Crippen molar-refractivity contribution in [1.29, 1.82) is 0 Å². The van der Waals surface area contributed by atoms with Gasteiger partial charge in [-0.2, -0.15) is 0 Å². The van der Waals surface area contributed by atoms with Crippen LogP contribution < -0.4 is 14.8 Å². The maximum atomic E-state index is 13.7. The number of nitrogens with one attached hydrogen (secondary N) is 1. The topological polar surface area (TPSA) is 73.9 Å². The van der Waals surface area contributed by atoms with Crippen LogP contribution in [0.4, 0.5) is 10.1 Å². The van der Waals surface area contributed by atoms with E-state index in [9.17, 15) is 14.0 Å². The number of benzene rings is 2. The largest absolute Gasteiger partial charge is 0.497 e.